The van der Waals surface area contributed by atoms with Gasteiger partial charge in [-0.3, -0.25) is 4.79 Å². The highest BCUT2D eigenvalue weighted by molar-refractivity contribution is 6.17. The molecule has 0 aliphatic heterocycles. The molecule has 18 heavy (non-hydrogen) atoms. The Morgan fingerprint density at radius 3 is 2.56 bits per heavy atom. The first kappa shape index (κ1) is 10.6. The third kappa shape index (κ3) is 1.57. The normalized spacial score (nSPS) is 10.7. The summed E-state index contributed by atoms with van der Waals surface area (Å²) in [5.74, 6) is -0.159. The number of benzene rings is 2. The number of aromatic nitrogens is 1. The van der Waals surface area contributed by atoms with E-state index >= 15 is 0 Å². The van der Waals surface area contributed by atoms with Gasteiger partial charge in [-0.25, -0.2) is 0 Å². The van der Waals surface area contributed by atoms with E-state index in [1.165, 1.54) is 6.07 Å². The third-order valence-electron chi connectivity index (χ3n) is 2.99. The van der Waals surface area contributed by atoms with Crippen LogP contribution in [0.2, 0.25) is 0 Å². The fourth-order valence-electron chi connectivity index (χ4n) is 2.09. The van der Waals surface area contributed by atoms with Crippen molar-refractivity contribution in [3.8, 4) is 5.75 Å². The summed E-state index contributed by atoms with van der Waals surface area (Å²) in [4.78, 5) is 15.5. The topological polar surface area (TPSA) is 53.1 Å². The smallest absolute Gasteiger partial charge is 0.197 e. The molecule has 0 radical (unpaired) electrons. The van der Waals surface area contributed by atoms with E-state index in [4.69, 9.17) is 0 Å². The lowest BCUT2D eigenvalue weighted by molar-refractivity contribution is 0.103. The molecule has 0 aliphatic rings. The zero-order valence-corrected chi connectivity index (χ0v) is 9.55. The molecule has 3 heteroatoms. The molecule has 2 aromatic carbocycles. The molecule has 0 aliphatic carbocycles. The quantitative estimate of drug-likeness (QED) is 0.673. The maximum Gasteiger partial charge on any atom is 0.197 e. The second-order valence-corrected chi connectivity index (χ2v) is 4.09. The first-order valence-electron chi connectivity index (χ1n) is 5.66. The third-order valence-corrected chi connectivity index (χ3v) is 2.99. The summed E-state index contributed by atoms with van der Waals surface area (Å²) in [5.41, 5.74) is 1.83. The number of carbonyl (C=O) groups is 1. The monoisotopic (exact) mass is 237 g/mol. The Morgan fingerprint density at radius 2 is 1.72 bits per heavy atom. The van der Waals surface area contributed by atoms with E-state index < -0.39 is 0 Å². The van der Waals surface area contributed by atoms with Gasteiger partial charge in [-0.05, 0) is 24.3 Å². The molecule has 3 aromatic rings. The maximum atomic E-state index is 12.4. The molecule has 2 N–H and O–H groups in total. The second kappa shape index (κ2) is 4.04. The minimum Gasteiger partial charge on any atom is -0.507 e. The number of carbonyl (C=O) groups excluding carboxylic acids is 1. The molecular weight excluding hydrogens is 226 g/mol. The lowest BCUT2D eigenvalue weighted by atomic mass is 9.99. The van der Waals surface area contributed by atoms with Crippen LogP contribution in [0.15, 0.2) is 54.7 Å². The van der Waals surface area contributed by atoms with Crippen LogP contribution in [0.5, 0.6) is 5.75 Å². The summed E-state index contributed by atoms with van der Waals surface area (Å²) in [7, 11) is 0. The number of aromatic amines is 1. The summed E-state index contributed by atoms with van der Waals surface area (Å²) >= 11 is 0. The number of phenols is 1. The Bertz CT molecular complexity index is 728. The van der Waals surface area contributed by atoms with Gasteiger partial charge in [0, 0.05) is 22.7 Å². The highest BCUT2D eigenvalue weighted by Crippen LogP contribution is 2.24. The van der Waals surface area contributed by atoms with Gasteiger partial charge in [-0.2, -0.15) is 0 Å². The molecule has 0 fully saturated rings. The van der Waals surface area contributed by atoms with Gasteiger partial charge < -0.3 is 10.1 Å². The van der Waals surface area contributed by atoms with Crippen molar-refractivity contribution in [1.82, 2.24) is 4.98 Å². The van der Waals surface area contributed by atoms with E-state index in [-0.39, 0.29) is 11.5 Å². The number of fused-ring (bicyclic) bond motifs is 1. The Hall–Kier alpha value is -2.55. The van der Waals surface area contributed by atoms with Crippen molar-refractivity contribution < 1.29 is 9.90 Å². The number of hydrogen-bond acceptors (Lipinski definition) is 2. The van der Waals surface area contributed by atoms with Gasteiger partial charge in [0.15, 0.2) is 5.78 Å². The van der Waals surface area contributed by atoms with Gasteiger partial charge >= 0.3 is 0 Å². The SMILES string of the molecule is O=C(c1ccccc1O)c1cccc2[nH]ccc12. The molecule has 0 amide bonds. The molecular formula is C15H11NO2. The highest BCUT2D eigenvalue weighted by atomic mass is 16.3. The zero-order chi connectivity index (χ0) is 12.5. The minimum absolute atomic E-state index is 0.00930. The van der Waals surface area contributed by atoms with Crippen LogP contribution in [0, 0.1) is 0 Å². The van der Waals surface area contributed by atoms with Crippen LogP contribution < -0.4 is 0 Å². The van der Waals surface area contributed by atoms with Crippen LogP contribution in [0.25, 0.3) is 10.9 Å². The van der Waals surface area contributed by atoms with Crippen LogP contribution in [0.1, 0.15) is 15.9 Å². The van der Waals surface area contributed by atoms with Crippen molar-refractivity contribution in [3.05, 3.63) is 65.9 Å². The number of H-pyrrole nitrogens is 1. The Labute approximate surface area is 104 Å². The van der Waals surface area contributed by atoms with E-state index in [0.717, 1.165) is 10.9 Å². The zero-order valence-electron chi connectivity index (χ0n) is 9.55. The number of nitrogens with one attached hydrogen (secondary N) is 1. The first-order chi connectivity index (χ1) is 8.77. The molecule has 0 unspecified atom stereocenters. The lowest BCUT2D eigenvalue weighted by Gasteiger charge is -2.04. The number of aromatic hydroxyl groups is 1. The second-order valence-electron chi connectivity index (χ2n) is 4.09. The van der Waals surface area contributed by atoms with Gasteiger partial charge in [-0.1, -0.05) is 24.3 Å². The average Bonchev–Trinajstić information content (AvgIpc) is 2.86. The van der Waals surface area contributed by atoms with Crippen molar-refractivity contribution in [2.45, 2.75) is 0 Å². The van der Waals surface area contributed by atoms with E-state index in [9.17, 15) is 9.90 Å². The number of phenolic OH excluding ortho intramolecular Hbond substituents is 1. The van der Waals surface area contributed by atoms with Crippen LogP contribution in [-0.4, -0.2) is 15.9 Å². The number of rotatable bonds is 2. The van der Waals surface area contributed by atoms with E-state index in [1.54, 1.807) is 30.5 Å². The van der Waals surface area contributed by atoms with E-state index in [1.807, 2.05) is 18.2 Å². The summed E-state index contributed by atoms with van der Waals surface area (Å²) in [6, 6.07) is 14.0. The standard InChI is InChI=1S/C15H11NO2/c17-14-7-2-1-4-12(14)15(18)11-5-3-6-13-10(11)8-9-16-13/h1-9,16-17H. The number of ketones is 1. The summed E-state index contributed by atoms with van der Waals surface area (Å²) in [6.07, 6.45) is 1.80. The molecule has 0 spiro atoms. The van der Waals surface area contributed by atoms with Gasteiger partial charge in [0.1, 0.15) is 5.75 Å². The predicted molar refractivity (Wildman–Crippen MR) is 69.8 cm³/mol. The molecule has 3 rings (SSSR count). The van der Waals surface area contributed by atoms with E-state index in [0.29, 0.717) is 11.1 Å². The lowest BCUT2D eigenvalue weighted by Crippen LogP contribution is -2.01. The molecule has 88 valence electrons. The molecule has 1 heterocycles. The maximum absolute atomic E-state index is 12.4. The Balaban J connectivity index is 2.18. The molecule has 0 saturated heterocycles. The van der Waals surface area contributed by atoms with Crippen LogP contribution in [0.3, 0.4) is 0 Å². The minimum atomic E-state index is -0.168. The largest absolute Gasteiger partial charge is 0.507 e. The van der Waals surface area contributed by atoms with Crippen molar-refractivity contribution in [3.63, 3.8) is 0 Å². The van der Waals surface area contributed by atoms with Crippen LogP contribution in [-0.2, 0) is 0 Å². The first-order valence-corrected chi connectivity index (χ1v) is 5.66. The van der Waals surface area contributed by atoms with Crippen molar-refractivity contribution in [2.75, 3.05) is 0 Å². The van der Waals surface area contributed by atoms with Crippen LogP contribution >= 0.6 is 0 Å². The molecule has 0 saturated carbocycles. The predicted octanol–water partition coefficient (Wildman–Crippen LogP) is 3.10. The summed E-state index contributed by atoms with van der Waals surface area (Å²) < 4.78 is 0. The molecule has 1 aromatic heterocycles. The molecule has 0 atom stereocenters. The van der Waals surface area contributed by atoms with Crippen LogP contribution in [0.4, 0.5) is 0 Å². The van der Waals surface area contributed by atoms with Crippen molar-refractivity contribution in [2.24, 2.45) is 0 Å². The Morgan fingerprint density at radius 1 is 0.944 bits per heavy atom. The number of hydrogen-bond donors (Lipinski definition) is 2. The molecule has 0 bridgehead atoms. The average molecular weight is 237 g/mol. The fourth-order valence-corrected chi connectivity index (χ4v) is 2.09. The van der Waals surface area contributed by atoms with Gasteiger partial charge in [0.25, 0.3) is 0 Å². The van der Waals surface area contributed by atoms with E-state index in [2.05, 4.69) is 4.98 Å². The Kier molecular flexibility index (Phi) is 2.38. The fraction of sp³-hybridized carbons (Fsp3) is 0. The van der Waals surface area contributed by atoms with Gasteiger partial charge in [0.05, 0.1) is 5.56 Å². The van der Waals surface area contributed by atoms with Crippen molar-refractivity contribution in [1.29, 1.82) is 0 Å². The summed E-state index contributed by atoms with van der Waals surface area (Å²) in [5, 5.41) is 10.6. The highest BCUT2D eigenvalue weighted by Gasteiger charge is 2.15. The van der Waals surface area contributed by atoms with Gasteiger partial charge in [0.2, 0.25) is 0 Å². The number of para-hydroxylation sites is 1. The van der Waals surface area contributed by atoms with Gasteiger partial charge in [-0.15, -0.1) is 0 Å². The molecule has 3 nitrogen and oxygen atoms in total. The summed E-state index contributed by atoms with van der Waals surface area (Å²) in [6.45, 7) is 0. The van der Waals surface area contributed by atoms with Crippen molar-refractivity contribution >= 4 is 16.7 Å².